The first-order chi connectivity index (χ1) is 9.58. The van der Waals surface area contributed by atoms with Crippen LogP contribution in [-0.4, -0.2) is 16.8 Å². The van der Waals surface area contributed by atoms with E-state index in [1.807, 2.05) is 6.92 Å². The summed E-state index contributed by atoms with van der Waals surface area (Å²) in [5, 5.41) is 12.6. The highest BCUT2D eigenvalue weighted by Gasteiger charge is 2.11. The van der Waals surface area contributed by atoms with Crippen LogP contribution in [0.5, 0.6) is 5.75 Å². The molecule has 0 radical (unpaired) electrons. The predicted octanol–water partition coefficient (Wildman–Crippen LogP) is 4.08. The first kappa shape index (κ1) is 15.1. The summed E-state index contributed by atoms with van der Waals surface area (Å²) in [6.45, 7) is -0.518. The minimum Gasteiger partial charge on any atom is -0.434 e. The van der Waals surface area contributed by atoms with E-state index in [0.717, 1.165) is 15.9 Å². The Hall–Kier alpha value is -1.28. The van der Waals surface area contributed by atoms with Gasteiger partial charge >= 0.3 is 6.61 Å². The summed E-state index contributed by atoms with van der Waals surface area (Å²) in [7, 11) is 0. The molecule has 0 bridgehead atoms. The molecule has 0 atom stereocenters. The first-order valence-corrected chi connectivity index (χ1v) is 7.49. The van der Waals surface area contributed by atoms with Crippen molar-refractivity contribution >= 4 is 32.4 Å². The monoisotopic (exact) mass is 363 g/mol. The van der Waals surface area contributed by atoms with Crippen LogP contribution in [-0.2, 0) is 13.0 Å². The third-order valence-corrected chi connectivity index (χ3v) is 3.96. The number of hydrogen-bond donors (Lipinski definition) is 1. The van der Waals surface area contributed by atoms with Crippen LogP contribution < -0.4 is 10.1 Å². The molecule has 1 aromatic heterocycles. The number of hydrogen-bond acceptors (Lipinski definition) is 5. The van der Waals surface area contributed by atoms with Crippen LogP contribution in [0.3, 0.4) is 0 Å². The van der Waals surface area contributed by atoms with Crippen molar-refractivity contribution < 1.29 is 13.5 Å². The fourth-order valence-corrected chi connectivity index (χ4v) is 2.62. The van der Waals surface area contributed by atoms with Crippen molar-refractivity contribution in [1.29, 1.82) is 0 Å². The van der Waals surface area contributed by atoms with Crippen LogP contribution in [0.2, 0.25) is 0 Å². The third-order valence-electron chi connectivity index (χ3n) is 2.44. The summed E-state index contributed by atoms with van der Waals surface area (Å²) in [6.07, 6.45) is 0.815. The molecule has 20 heavy (non-hydrogen) atoms. The zero-order chi connectivity index (χ0) is 14.5. The third kappa shape index (κ3) is 4.11. The predicted molar refractivity (Wildman–Crippen MR) is 77.4 cm³/mol. The van der Waals surface area contributed by atoms with Crippen molar-refractivity contribution in [1.82, 2.24) is 10.2 Å². The molecular formula is C12H12BrF2N3OS. The van der Waals surface area contributed by atoms with Gasteiger partial charge in [-0.3, -0.25) is 0 Å². The summed E-state index contributed by atoms with van der Waals surface area (Å²) < 4.78 is 30.0. The lowest BCUT2D eigenvalue weighted by molar-refractivity contribution is -0.0504. The maximum absolute atomic E-state index is 12.3. The van der Waals surface area contributed by atoms with Gasteiger partial charge < -0.3 is 10.1 Å². The Morgan fingerprint density at radius 1 is 1.40 bits per heavy atom. The van der Waals surface area contributed by atoms with E-state index in [9.17, 15) is 8.78 Å². The van der Waals surface area contributed by atoms with Gasteiger partial charge in [-0.1, -0.05) is 34.2 Å². The van der Waals surface area contributed by atoms with Gasteiger partial charge in [0.05, 0.1) is 0 Å². The standard InChI is InChI=1S/C12H12BrF2N3OS/c1-2-10-17-18-12(20-10)16-6-7-5-8(13)3-4-9(7)19-11(14)15/h3-5,11H,2,6H2,1H3,(H,16,18). The van der Waals surface area contributed by atoms with Crippen LogP contribution in [0.4, 0.5) is 13.9 Å². The van der Waals surface area contributed by atoms with Gasteiger partial charge in [-0.25, -0.2) is 0 Å². The van der Waals surface area contributed by atoms with Crippen molar-refractivity contribution in [2.75, 3.05) is 5.32 Å². The minimum absolute atomic E-state index is 0.149. The zero-order valence-electron chi connectivity index (χ0n) is 10.6. The Bertz CT molecular complexity index is 580. The molecule has 2 aromatic rings. The smallest absolute Gasteiger partial charge is 0.387 e. The molecule has 0 spiro atoms. The Labute approximate surface area is 127 Å². The maximum Gasteiger partial charge on any atom is 0.387 e. The topological polar surface area (TPSA) is 47.0 Å². The molecule has 2 rings (SSSR count). The van der Waals surface area contributed by atoms with E-state index in [1.54, 1.807) is 12.1 Å². The average Bonchev–Trinajstić information content (AvgIpc) is 2.86. The largest absolute Gasteiger partial charge is 0.434 e. The molecule has 8 heteroatoms. The van der Waals surface area contributed by atoms with E-state index in [4.69, 9.17) is 0 Å². The Kier molecular flexibility index (Phi) is 5.24. The van der Waals surface area contributed by atoms with E-state index in [-0.39, 0.29) is 5.75 Å². The highest BCUT2D eigenvalue weighted by molar-refractivity contribution is 9.10. The zero-order valence-corrected chi connectivity index (χ0v) is 13.0. The van der Waals surface area contributed by atoms with Crippen LogP contribution >= 0.6 is 27.3 Å². The molecule has 0 saturated carbocycles. The van der Waals surface area contributed by atoms with Gasteiger partial charge in [0.2, 0.25) is 5.13 Å². The molecule has 0 aliphatic rings. The number of benzene rings is 1. The summed E-state index contributed by atoms with van der Waals surface area (Å²) >= 11 is 4.75. The molecule has 0 saturated heterocycles. The lowest BCUT2D eigenvalue weighted by Gasteiger charge is -2.11. The summed E-state index contributed by atoms with van der Waals surface area (Å²) in [5.74, 6) is 0.149. The number of rotatable bonds is 6. The normalized spacial score (nSPS) is 10.8. The number of aromatic nitrogens is 2. The lowest BCUT2D eigenvalue weighted by atomic mass is 10.2. The molecule has 108 valence electrons. The molecular weight excluding hydrogens is 352 g/mol. The van der Waals surface area contributed by atoms with Gasteiger partial charge in [0.1, 0.15) is 10.8 Å². The molecule has 1 aromatic carbocycles. The van der Waals surface area contributed by atoms with E-state index in [2.05, 4.69) is 36.2 Å². The number of anilines is 1. The van der Waals surface area contributed by atoms with Crippen molar-refractivity contribution in [2.24, 2.45) is 0 Å². The first-order valence-electron chi connectivity index (χ1n) is 5.88. The molecule has 0 amide bonds. The number of nitrogens with one attached hydrogen (secondary N) is 1. The van der Waals surface area contributed by atoms with Crippen LogP contribution in [0, 0.1) is 0 Å². The number of aryl methyl sites for hydroxylation is 1. The van der Waals surface area contributed by atoms with Crippen LogP contribution in [0.25, 0.3) is 0 Å². The fourth-order valence-electron chi connectivity index (χ4n) is 1.54. The second-order valence-corrected chi connectivity index (χ2v) is 5.82. The highest BCUT2D eigenvalue weighted by atomic mass is 79.9. The second-order valence-electron chi connectivity index (χ2n) is 3.84. The minimum atomic E-state index is -2.84. The number of ether oxygens (including phenoxy) is 1. The van der Waals surface area contributed by atoms with E-state index < -0.39 is 6.61 Å². The van der Waals surface area contributed by atoms with Crippen molar-refractivity contribution in [3.63, 3.8) is 0 Å². The molecule has 1 heterocycles. The van der Waals surface area contributed by atoms with Gasteiger partial charge in [-0.2, -0.15) is 8.78 Å². The quantitative estimate of drug-likeness (QED) is 0.839. The lowest BCUT2D eigenvalue weighted by Crippen LogP contribution is -2.07. The summed E-state index contributed by atoms with van der Waals surface area (Å²) in [4.78, 5) is 0. The van der Waals surface area contributed by atoms with Gasteiger partial charge in [0.25, 0.3) is 0 Å². The van der Waals surface area contributed by atoms with Crippen molar-refractivity contribution in [3.8, 4) is 5.75 Å². The van der Waals surface area contributed by atoms with Gasteiger partial charge in [0, 0.05) is 16.6 Å². The molecule has 0 aliphatic heterocycles. The van der Waals surface area contributed by atoms with Crippen molar-refractivity contribution in [2.45, 2.75) is 26.5 Å². The van der Waals surface area contributed by atoms with Gasteiger partial charge in [-0.15, -0.1) is 10.2 Å². The fraction of sp³-hybridized carbons (Fsp3) is 0.333. The Morgan fingerprint density at radius 2 is 2.20 bits per heavy atom. The SMILES string of the molecule is CCc1nnc(NCc2cc(Br)ccc2OC(F)F)s1. The van der Waals surface area contributed by atoms with Crippen LogP contribution in [0.1, 0.15) is 17.5 Å². The van der Waals surface area contributed by atoms with Gasteiger partial charge in [-0.05, 0) is 24.6 Å². The molecule has 0 aliphatic carbocycles. The number of alkyl halides is 2. The summed E-state index contributed by atoms with van der Waals surface area (Å²) in [5.41, 5.74) is 0.618. The second kappa shape index (κ2) is 6.94. The molecule has 1 N–H and O–H groups in total. The van der Waals surface area contributed by atoms with E-state index in [0.29, 0.717) is 17.2 Å². The Morgan fingerprint density at radius 3 is 2.85 bits per heavy atom. The van der Waals surface area contributed by atoms with E-state index >= 15 is 0 Å². The number of nitrogens with zero attached hydrogens (tertiary/aromatic N) is 2. The van der Waals surface area contributed by atoms with Gasteiger partial charge in [0.15, 0.2) is 0 Å². The summed E-state index contributed by atoms with van der Waals surface area (Å²) in [6, 6.07) is 4.89. The molecule has 4 nitrogen and oxygen atoms in total. The molecule has 0 unspecified atom stereocenters. The molecule has 0 fully saturated rings. The number of halogens is 3. The Balaban J connectivity index is 2.09. The van der Waals surface area contributed by atoms with Crippen LogP contribution in [0.15, 0.2) is 22.7 Å². The highest BCUT2D eigenvalue weighted by Crippen LogP contribution is 2.26. The average molecular weight is 364 g/mol. The van der Waals surface area contributed by atoms with Crippen molar-refractivity contribution in [3.05, 3.63) is 33.2 Å². The van der Waals surface area contributed by atoms with E-state index in [1.165, 1.54) is 17.4 Å². The maximum atomic E-state index is 12.3.